The van der Waals surface area contributed by atoms with Crippen LogP contribution in [-0.2, 0) is 0 Å². The van der Waals surface area contributed by atoms with Crippen LogP contribution in [0.4, 0.5) is 0 Å². The predicted octanol–water partition coefficient (Wildman–Crippen LogP) is 0.0379. The molecule has 0 amide bonds. The third kappa shape index (κ3) is 4.35. The molecule has 0 saturated carbocycles. The van der Waals surface area contributed by atoms with Crippen LogP contribution < -0.4 is 5.73 Å². The lowest BCUT2D eigenvalue weighted by Crippen LogP contribution is -2.41. The molecule has 0 fully saturated rings. The normalized spacial score (nSPS) is 13.9. The Bertz CT molecular complexity index is 84.2. The average Bonchev–Trinajstić information content (AvgIpc) is 2.03. The first kappa shape index (κ1) is 10.9. The number of hydrogen-bond acceptors (Lipinski definition) is 3. The number of aliphatic hydroxyl groups excluding tert-OH is 1. The maximum atomic E-state index is 8.87. The van der Waals surface area contributed by atoms with E-state index >= 15 is 0 Å². The minimum Gasteiger partial charge on any atom is -0.395 e. The number of rotatable bonds is 6. The van der Waals surface area contributed by atoms with Gasteiger partial charge in [0.05, 0.1) is 6.61 Å². The quantitative estimate of drug-likeness (QED) is 0.576. The number of aliphatic hydroxyl groups is 1. The monoisotopic (exact) mass is 160 g/mol. The van der Waals surface area contributed by atoms with E-state index in [4.69, 9.17) is 10.8 Å². The third-order valence-corrected chi connectivity index (χ3v) is 1.97. The van der Waals surface area contributed by atoms with Crippen LogP contribution in [0.15, 0.2) is 0 Å². The summed E-state index contributed by atoms with van der Waals surface area (Å²) in [6.45, 7) is 3.89. The standard InChI is InChI=1S/C8H20N2O/c1-3-4-5-10(2)8(6-9)7-11/h8,11H,3-7,9H2,1-2H3. The van der Waals surface area contributed by atoms with Crippen LogP contribution in [0.3, 0.4) is 0 Å². The van der Waals surface area contributed by atoms with Crippen molar-refractivity contribution in [1.29, 1.82) is 0 Å². The molecule has 3 nitrogen and oxygen atoms in total. The number of unbranched alkanes of at least 4 members (excludes halogenated alkanes) is 1. The summed E-state index contributed by atoms with van der Waals surface area (Å²) >= 11 is 0. The van der Waals surface area contributed by atoms with Crippen molar-refractivity contribution in [3.05, 3.63) is 0 Å². The summed E-state index contributed by atoms with van der Waals surface area (Å²) in [4.78, 5) is 2.11. The summed E-state index contributed by atoms with van der Waals surface area (Å²) in [7, 11) is 2.00. The Hall–Kier alpha value is -0.120. The molecule has 0 saturated heterocycles. The van der Waals surface area contributed by atoms with Gasteiger partial charge in [0.25, 0.3) is 0 Å². The summed E-state index contributed by atoms with van der Waals surface area (Å²) in [5.41, 5.74) is 5.45. The van der Waals surface area contributed by atoms with Crippen LogP contribution >= 0.6 is 0 Å². The molecule has 0 aromatic rings. The second-order valence-corrected chi connectivity index (χ2v) is 2.91. The molecule has 0 aliphatic carbocycles. The second kappa shape index (κ2) is 6.58. The zero-order valence-corrected chi connectivity index (χ0v) is 7.58. The Morgan fingerprint density at radius 1 is 1.55 bits per heavy atom. The van der Waals surface area contributed by atoms with E-state index in [1.165, 1.54) is 12.8 Å². The zero-order chi connectivity index (χ0) is 8.69. The van der Waals surface area contributed by atoms with Crippen molar-refractivity contribution in [3.63, 3.8) is 0 Å². The predicted molar refractivity (Wildman–Crippen MR) is 47.5 cm³/mol. The summed E-state index contributed by atoms with van der Waals surface area (Å²) < 4.78 is 0. The number of likely N-dealkylation sites (N-methyl/N-ethyl adjacent to an activating group) is 1. The van der Waals surface area contributed by atoms with Gasteiger partial charge < -0.3 is 10.8 Å². The molecule has 3 heteroatoms. The molecule has 0 aliphatic rings. The molecular weight excluding hydrogens is 140 g/mol. The number of nitrogens with zero attached hydrogens (tertiary/aromatic N) is 1. The van der Waals surface area contributed by atoms with Gasteiger partial charge in [0.2, 0.25) is 0 Å². The molecule has 0 bridgehead atoms. The fourth-order valence-electron chi connectivity index (χ4n) is 0.984. The fraction of sp³-hybridized carbons (Fsp3) is 1.00. The van der Waals surface area contributed by atoms with Crippen LogP contribution in [0.25, 0.3) is 0 Å². The van der Waals surface area contributed by atoms with E-state index in [9.17, 15) is 0 Å². The van der Waals surface area contributed by atoms with Crippen molar-refractivity contribution in [2.75, 3.05) is 26.7 Å². The van der Waals surface area contributed by atoms with Gasteiger partial charge in [-0.05, 0) is 20.0 Å². The fourth-order valence-corrected chi connectivity index (χ4v) is 0.984. The van der Waals surface area contributed by atoms with E-state index in [0.717, 1.165) is 6.54 Å². The molecule has 0 radical (unpaired) electrons. The molecule has 68 valence electrons. The van der Waals surface area contributed by atoms with Gasteiger partial charge in [-0.3, -0.25) is 4.90 Å². The highest BCUT2D eigenvalue weighted by molar-refractivity contribution is 4.67. The number of hydrogen-bond donors (Lipinski definition) is 2. The largest absolute Gasteiger partial charge is 0.395 e. The summed E-state index contributed by atoms with van der Waals surface area (Å²) in [5, 5.41) is 8.87. The van der Waals surface area contributed by atoms with Crippen molar-refractivity contribution < 1.29 is 5.11 Å². The van der Waals surface area contributed by atoms with Gasteiger partial charge in [-0.2, -0.15) is 0 Å². The summed E-state index contributed by atoms with van der Waals surface area (Å²) in [5.74, 6) is 0. The topological polar surface area (TPSA) is 49.5 Å². The van der Waals surface area contributed by atoms with Crippen LogP contribution in [0, 0.1) is 0 Å². The maximum Gasteiger partial charge on any atom is 0.0599 e. The van der Waals surface area contributed by atoms with E-state index in [1.807, 2.05) is 7.05 Å². The van der Waals surface area contributed by atoms with Crippen molar-refractivity contribution in [2.24, 2.45) is 5.73 Å². The minimum absolute atomic E-state index is 0.140. The van der Waals surface area contributed by atoms with Gasteiger partial charge in [-0.25, -0.2) is 0 Å². The highest BCUT2D eigenvalue weighted by Crippen LogP contribution is 1.96. The Morgan fingerprint density at radius 3 is 2.55 bits per heavy atom. The molecule has 11 heavy (non-hydrogen) atoms. The van der Waals surface area contributed by atoms with Crippen LogP contribution in [-0.4, -0.2) is 42.8 Å². The van der Waals surface area contributed by atoms with E-state index in [2.05, 4.69) is 11.8 Å². The summed E-state index contributed by atoms with van der Waals surface area (Å²) in [6, 6.07) is 0.140. The first-order valence-corrected chi connectivity index (χ1v) is 4.27. The van der Waals surface area contributed by atoms with E-state index < -0.39 is 0 Å². The Morgan fingerprint density at radius 2 is 2.18 bits per heavy atom. The molecule has 1 unspecified atom stereocenters. The van der Waals surface area contributed by atoms with Gasteiger partial charge in [-0.1, -0.05) is 13.3 Å². The first-order chi connectivity index (χ1) is 5.26. The molecule has 3 N–H and O–H groups in total. The van der Waals surface area contributed by atoms with Gasteiger partial charge in [0.15, 0.2) is 0 Å². The maximum absolute atomic E-state index is 8.87. The molecule has 0 aromatic heterocycles. The van der Waals surface area contributed by atoms with Gasteiger partial charge in [0.1, 0.15) is 0 Å². The van der Waals surface area contributed by atoms with Crippen LogP contribution in [0.2, 0.25) is 0 Å². The molecule has 0 aromatic carbocycles. The second-order valence-electron chi connectivity index (χ2n) is 2.91. The highest BCUT2D eigenvalue weighted by atomic mass is 16.3. The lowest BCUT2D eigenvalue weighted by atomic mass is 10.2. The molecule has 0 heterocycles. The lowest BCUT2D eigenvalue weighted by molar-refractivity contribution is 0.150. The van der Waals surface area contributed by atoms with Crippen molar-refractivity contribution >= 4 is 0 Å². The van der Waals surface area contributed by atoms with Crippen molar-refractivity contribution in [1.82, 2.24) is 4.90 Å². The SMILES string of the molecule is CCCCN(C)C(CN)CO. The van der Waals surface area contributed by atoms with Crippen molar-refractivity contribution in [3.8, 4) is 0 Å². The first-order valence-electron chi connectivity index (χ1n) is 4.27. The Balaban J connectivity index is 3.51. The zero-order valence-electron chi connectivity index (χ0n) is 7.58. The molecule has 0 aliphatic heterocycles. The molecular formula is C8H20N2O. The lowest BCUT2D eigenvalue weighted by Gasteiger charge is -2.24. The van der Waals surface area contributed by atoms with E-state index in [1.54, 1.807) is 0 Å². The van der Waals surface area contributed by atoms with Gasteiger partial charge in [-0.15, -0.1) is 0 Å². The van der Waals surface area contributed by atoms with Crippen LogP contribution in [0.5, 0.6) is 0 Å². The van der Waals surface area contributed by atoms with Gasteiger partial charge >= 0.3 is 0 Å². The molecule has 1 atom stereocenters. The van der Waals surface area contributed by atoms with Crippen molar-refractivity contribution in [2.45, 2.75) is 25.8 Å². The molecule has 0 spiro atoms. The van der Waals surface area contributed by atoms with E-state index in [-0.39, 0.29) is 12.6 Å². The smallest absolute Gasteiger partial charge is 0.0599 e. The summed E-state index contributed by atoms with van der Waals surface area (Å²) in [6.07, 6.45) is 2.36. The van der Waals surface area contributed by atoms with Gasteiger partial charge in [0, 0.05) is 12.6 Å². The Labute approximate surface area is 69.2 Å². The minimum atomic E-state index is 0.140. The third-order valence-electron chi connectivity index (χ3n) is 1.97. The van der Waals surface area contributed by atoms with E-state index in [0.29, 0.717) is 6.54 Å². The number of nitrogens with two attached hydrogens (primary N) is 1. The molecule has 0 rings (SSSR count). The van der Waals surface area contributed by atoms with Crippen LogP contribution in [0.1, 0.15) is 19.8 Å². The average molecular weight is 160 g/mol. The highest BCUT2D eigenvalue weighted by Gasteiger charge is 2.09. The Kier molecular flexibility index (Phi) is 6.51.